The zero-order valence-corrected chi connectivity index (χ0v) is 16.6. The number of hydroxylamine groups is 1. The zero-order chi connectivity index (χ0) is 20.6. The number of para-hydroxylation sites is 2. The van der Waals surface area contributed by atoms with E-state index in [1.165, 1.54) is 18.0 Å². The van der Waals surface area contributed by atoms with Crippen LogP contribution in [0.15, 0.2) is 42.6 Å². The van der Waals surface area contributed by atoms with E-state index in [-0.39, 0.29) is 11.8 Å². The fourth-order valence-corrected chi connectivity index (χ4v) is 3.50. The lowest BCUT2D eigenvalue weighted by atomic mass is 9.88. The molecule has 0 aliphatic heterocycles. The molecule has 2 amide bonds. The van der Waals surface area contributed by atoms with Gasteiger partial charge >= 0.3 is 0 Å². The van der Waals surface area contributed by atoms with Crippen LogP contribution in [0.1, 0.15) is 37.7 Å². The van der Waals surface area contributed by atoms with Gasteiger partial charge in [-0.15, -0.1) is 0 Å². The van der Waals surface area contributed by atoms with Crippen molar-refractivity contribution in [3.8, 4) is 0 Å². The van der Waals surface area contributed by atoms with E-state index < -0.39 is 5.91 Å². The predicted molar refractivity (Wildman–Crippen MR) is 113 cm³/mol. The van der Waals surface area contributed by atoms with E-state index in [1.807, 2.05) is 24.3 Å². The van der Waals surface area contributed by atoms with E-state index in [0.29, 0.717) is 27.8 Å². The summed E-state index contributed by atoms with van der Waals surface area (Å²) in [4.78, 5) is 28.0. The number of nitrogens with zero attached hydrogens (tertiary/aromatic N) is 1. The third-order valence-electron chi connectivity index (χ3n) is 4.81. The van der Waals surface area contributed by atoms with E-state index in [2.05, 4.69) is 15.6 Å². The highest BCUT2D eigenvalue weighted by Gasteiger charge is 2.21. The molecule has 1 fully saturated rings. The lowest BCUT2D eigenvalue weighted by molar-refractivity contribution is -0.124. The van der Waals surface area contributed by atoms with Crippen LogP contribution >= 0.6 is 11.6 Å². The topological polar surface area (TPSA) is 103 Å². The molecule has 1 aliphatic carbocycles. The molecule has 8 heteroatoms. The molecule has 1 aromatic carbocycles. The zero-order valence-electron chi connectivity index (χ0n) is 15.8. The molecular weight excluding hydrogens is 392 g/mol. The first-order chi connectivity index (χ1) is 14.1. The van der Waals surface area contributed by atoms with Gasteiger partial charge in [-0.05, 0) is 42.7 Å². The van der Waals surface area contributed by atoms with Gasteiger partial charge in [0.15, 0.2) is 0 Å². The Balaban J connectivity index is 1.72. The fraction of sp³-hybridized carbons (Fsp3) is 0.286. The van der Waals surface area contributed by atoms with Crippen molar-refractivity contribution in [3.63, 3.8) is 0 Å². The van der Waals surface area contributed by atoms with E-state index >= 15 is 0 Å². The Hall–Kier alpha value is -2.90. The van der Waals surface area contributed by atoms with Crippen LogP contribution in [-0.4, -0.2) is 22.0 Å². The molecule has 0 unspecified atom stereocenters. The molecule has 152 valence electrons. The first-order valence-electron chi connectivity index (χ1n) is 9.51. The van der Waals surface area contributed by atoms with Crippen LogP contribution in [0.5, 0.6) is 0 Å². The molecule has 1 saturated carbocycles. The Bertz CT molecular complexity index is 911. The van der Waals surface area contributed by atoms with Crippen molar-refractivity contribution in [2.75, 3.05) is 10.6 Å². The first-order valence-corrected chi connectivity index (χ1v) is 9.89. The van der Waals surface area contributed by atoms with Crippen LogP contribution in [0.3, 0.4) is 0 Å². The number of pyridine rings is 1. The number of nitrogens with one attached hydrogen (secondary N) is 3. The second-order valence-corrected chi connectivity index (χ2v) is 7.31. The molecule has 29 heavy (non-hydrogen) atoms. The Morgan fingerprint density at radius 1 is 1.14 bits per heavy atom. The standard InChI is InChI=1S/C21H23ClN4O3/c22-16-12-14(10-11-19(27)26-29)13-23-20(16)24-17-8-4-5-9-18(17)25-21(28)15-6-2-1-3-7-15/h4-5,8-13,15,29H,1-3,6-7H2,(H,23,24)(H,25,28)(H,26,27). The molecule has 0 spiro atoms. The van der Waals surface area contributed by atoms with Gasteiger partial charge in [0.05, 0.1) is 16.4 Å². The summed E-state index contributed by atoms with van der Waals surface area (Å²) < 4.78 is 0. The smallest absolute Gasteiger partial charge is 0.267 e. The van der Waals surface area contributed by atoms with Crippen molar-refractivity contribution in [1.82, 2.24) is 10.5 Å². The highest BCUT2D eigenvalue weighted by molar-refractivity contribution is 6.33. The molecule has 0 saturated heterocycles. The van der Waals surface area contributed by atoms with Crippen molar-refractivity contribution < 1.29 is 14.8 Å². The van der Waals surface area contributed by atoms with Crippen molar-refractivity contribution in [2.24, 2.45) is 5.92 Å². The molecule has 7 nitrogen and oxygen atoms in total. The molecule has 0 bridgehead atoms. The predicted octanol–water partition coefficient (Wildman–Crippen LogP) is 4.52. The minimum Gasteiger partial charge on any atom is -0.337 e. The Morgan fingerprint density at radius 2 is 1.86 bits per heavy atom. The molecule has 0 radical (unpaired) electrons. The van der Waals surface area contributed by atoms with Gasteiger partial charge in [-0.2, -0.15) is 0 Å². The van der Waals surface area contributed by atoms with E-state index in [9.17, 15) is 9.59 Å². The van der Waals surface area contributed by atoms with E-state index in [0.717, 1.165) is 31.8 Å². The number of carbonyl (C=O) groups is 2. The van der Waals surface area contributed by atoms with Crippen LogP contribution in [-0.2, 0) is 9.59 Å². The maximum Gasteiger partial charge on any atom is 0.267 e. The normalized spacial score (nSPS) is 14.6. The average Bonchev–Trinajstić information content (AvgIpc) is 2.75. The van der Waals surface area contributed by atoms with Gasteiger partial charge in [0.25, 0.3) is 5.91 Å². The quantitative estimate of drug-likeness (QED) is 0.316. The number of carbonyl (C=O) groups excluding carboxylic acids is 2. The maximum absolute atomic E-state index is 12.6. The van der Waals surface area contributed by atoms with Crippen LogP contribution in [0.2, 0.25) is 5.02 Å². The summed E-state index contributed by atoms with van der Waals surface area (Å²) in [5, 5.41) is 15.0. The second-order valence-electron chi connectivity index (χ2n) is 6.90. The number of benzene rings is 1. The van der Waals surface area contributed by atoms with Crippen LogP contribution in [0.25, 0.3) is 6.08 Å². The van der Waals surface area contributed by atoms with Gasteiger partial charge < -0.3 is 10.6 Å². The maximum atomic E-state index is 12.6. The number of hydrogen-bond donors (Lipinski definition) is 4. The van der Waals surface area contributed by atoms with Crippen LogP contribution in [0.4, 0.5) is 17.2 Å². The van der Waals surface area contributed by atoms with Crippen molar-refractivity contribution >= 4 is 46.7 Å². The second kappa shape index (κ2) is 10.0. The van der Waals surface area contributed by atoms with E-state index in [1.54, 1.807) is 12.3 Å². The number of rotatable bonds is 6. The Kier molecular flexibility index (Phi) is 7.21. The SMILES string of the molecule is O=C(C=Cc1cnc(Nc2ccccc2NC(=O)C2CCCCC2)c(Cl)c1)NO. The van der Waals surface area contributed by atoms with Crippen LogP contribution < -0.4 is 16.1 Å². The van der Waals surface area contributed by atoms with Gasteiger partial charge in [-0.3, -0.25) is 14.8 Å². The third kappa shape index (κ3) is 5.79. The average molecular weight is 415 g/mol. The highest BCUT2D eigenvalue weighted by atomic mass is 35.5. The molecule has 3 rings (SSSR count). The van der Waals surface area contributed by atoms with E-state index in [4.69, 9.17) is 16.8 Å². The summed E-state index contributed by atoms with van der Waals surface area (Å²) in [7, 11) is 0. The lowest BCUT2D eigenvalue weighted by Crippen LogP contribution is -2.25. The lowest BCUT2D eigenvalue weighted by Gasteiger charge is -2.21. The summed E-state index contributed by atoms with van der Waals surface area (Å²) in [6.45, 7) is 0. The number of halogens is 1. The summed E-state index contributed by atoms with van der Waals surface area (Å²) in [6.07, 6.45) is 9.43. The fourth-order valence-electron chi connectivity index (χ4n) is 3.27. The molecule has 2 aromatic rings. The monoisotopic (exact) mass is 414 g/mol. The summed E-state index contributed by atoms with van der Waals surface area (Å²) in [5.74, 6) is -0.123. The minimum atomic E-state index is -0.647. The molecular formula is C21H23ClN4O3. The highest BCUT2D eigenvalue weighted by Crippen LogP contribution is 2.30. The van der Waals surface area contributed by atoms with Gasteiger partial charge in [0, 0.05) is 18.2 Å². The molecule has 0 atom stereocenters. The molecule has 1 aromatic heterocycles. The Morgan fingerprint density at radius 3 is 2.55 bits per heavy atom. The van der Waals surface area contributed by atoms with Crippen molar-refractivity contribution in [2.45, 2.75) is 32.1 Å². The molecule has 1 heterocycles. The summed E-state index contributed by atoms with van der Waals surface area (Å²) in [5.41, 5.74) is 3.47. The summed E-state index contributed by atoms with van der Waals surface area (Å²) >= 11 is 6.31. The molecule has 4 N–H and O–H groups in total. The number of aromatic nitrogens is 1. The van der Waals surface area contributed by atoms with Crippen molar-refractivity contribution in [1.29, 1.82) is 0 Å². The number of hydrogen-bond acceptors (Lipinski definition) is 5. The van der Waals surface area contributed by atoms with Gasteiger partial charge in [-0.25, -0.2) is 10.5 Å². The first kappa shape index (κ1) is 20.8. The largest absolute Gasteiger partial charge is 0.337 e. The van der Waals surface area contributed by atoms with Gasteiger partial charge in [-0.1, -0.05) is 43.0 Å². The third-order valence-corrected chi connectivity index (χ3v) is 5.10. The van der Waals surface area contributed by atoms with Crippen molar-refractivity contribution in [3.05, 3.63) is 53.2 Å². The number of anilines is 3. The molecule has 1 aliphatic rings. The van der Waals surface area contributed by atoms with Gasteiger partial charge in [0.2, 0.25) is 5.91 Å². The van der Waals surface area contributed by atoms with Gasteiger partial charge in [0.1, 0.15) is 5.82 Å². The Labute approximate surface area is 174 Å². The van der Waals surface area contributed by atoms with Crippen LogP contribution in [0, 0.1) is 5.92 Å². The minimum absolute atomic E-state index is 0.0423. The summed E-state index contributed by atoms with van der Waals surface area (Å²) in [6, 6.07) is 9.03. The number of amides is 2.